The maximum atomic E-state index is 12.7. The van der Waals surface area contributed by atoms with Gasteiger partial charge in [0, 0.05) is 6.42 Å². The fraction of sp³-hybridized carbons (Fsp3) is 0.276. The number of halogens is 3. The molecule has 1 saturated heterocycles. The third-order valence-corrected chi connectivity index (χ3v) is 7.65. The monoisotopic (exact) mass is 605 g/mol. The lowest BCUT2D eigenvalue weighted by atomic mass is 9.93. The summed E-state index contributed by atoms with van der Waals surface area (Å²) in [6.45, 7) is 3.26. The minimum absolute atomic E-state index is 0.0854. The Morgan fingerprint density at radius 3 is 2.59 bits per heavy atom. The molecular formula is C29H26F3NO6S2. The Labute approximate surface area is 244 Å². The van der Waals surface area contributed by atoms with Crippen molar-refractivity contribution in [3.63, 3.8) is 0 Å². The molecule has 2 aliphatic rings. The smallest absolute Gasteiger partial charge is 0.485 e. The second-order valence-electron chi connectivity index (χ2n) is 9.35. The van der Waals surface area contributed by atoms with Crippen LogP contribution in [0.5, 0.6) is 11.5 Å². The summed E-state index contributed by atoms with van der Waals surface area (Å²) in [5.74, 6) is -1.28. The van der Waals surface area contributed by atoms with E-state index in [0.717, 1.165) is 27.8 Å². The fourth-order valence-electron chi connectivity index (χ4n) is 4.17. The Bertz CT molecular complexity index is 1420. The molecule has 0 bridgehead atoms. The highest BCUT2D eigenvalue weighted by molar-refractivity contribution is 8.26. The molecule has 2 aromatic rings. The van der Waals surface area contributed by atoms with Gasteiger partial charge in [0.1, 0.15) is 29.3 Å². The molecule has 1 fully saturated rings. The molecule has 2 atom stereocenters. The van der Waals surface area contributed by atoms with Gasteiger partial charge in [0.15, 0.2) is 11.5 Å². The number of thiocarbonyl (C=S) groups is 1. The number of ether oxygens (including phenoxy) is 3. The van der Waals surface area contributed by atoms with E-state index < -0.39 is 24.8 Å². The molecular weight excluding hydrogens is 579 g/mol. The van der Waals surface area contributed by atoms with Crippen LogP contribution >= 0.6 is 24.0 Å². The molecule has 41 heavy (non-hydrogen) atoms. The lowest BCUT2D eigenvalue weighted by Crippen LogP contribution is -2.33. The van der Waals surface area contributed by atoms with Gasteiger partial charge in [-0.1, -0.05) is 73.4 Å². The van der Waals surface area contributed by atoms with Crippen LogP contribution in [0, 0.1) is 5.92 Å². The third-order valence-electron chi connectivity index (χ3n) is 6.27. The summed E-state index contributed by atoms with van der Waals surface area (Å²) in [5.41, 5.74) is 2.31. The summed E-state index contributed by atoms with van der Waals surface area (Å²) in [6.07, 6.45) is -0.556. The number of carbonyl (C=O) groups is 2. The van der Waals surface area contributed by atoms with Gasteiger partial charge in [-0.3, -0.25) is 14.5 Å². The number of aliphatic carboxylic acids is 1. The first-order valence-corrected chi connectivity index (χ1v) is 13.7. The zero-order chi connectivity index (χ0) is 29.7. The van der Waals surface area contributed by atoms with Gasteiger partial charge in [0.05, 0.1) is 4.91 Å². The maximum Gasteiger partial charge on any atom is 0.572 e. The van der Waals surface area contributed by atoms with E-state index in [2.05, 4.69) is 4.74 Å². The number of allylic oxidation sites excluding steroid dienone is 3. The van der Waals surface area contributed by atoms with E-state index in [1.165, 1.54) is 6.08 Å². The van der Waals surface area contributed by atoms with E-state index in [1.807, 2.05) is 37.3 Å². The molecule has 0 aromatic heterocycles. The number of amides is 1. The number of rotatable bonds is 10. The molecule has 0 saturated carbocycles. The molecule has 2 aromatic carbocycles. The van der Waals surface area contributed by atoms with Crippen molar-refractivity contribution in [1.29, 1.82) is 0 Å². The van der Waals surface area contributed by atoms with Gasteiger partial charge in [-0.2, -0.15) is 0 Å². The second kappa shape index (κ2) is 12.8. The van der Waals surface area contributed by atoms with Crippen LogP contribution in [0.1, 0.15) is 37.5 Å². The lowest BCUT2D eigenvalue weighted by Gasteiger charge is -2.24. The van der Waals surface area contributed by atoms with Crippen LogP contribution in [0.4, 0.5) is 13.2 Å². The first-order chi connectivity index (χ1) is 19.4. The normalized spacial score (nSPS) is 19.1. The second-order valence-corrected chi connectivity index (χ2v) is 11.0. The van der Waals surface area contributed by atoms with Gasteiger partial charge in [0.25, 0.3) is 5.91 Å². The number of hydrogen-bond acceptors (Lipinski definition) is 7. The Kier molecular flexibility index (Phi) is 9.44. The minimum Gasteiger partial charge on any atom is -0.485 e. The summed E-state index contributed by atoms with van der Waals surface area (Å²) < 4.78 is 54.3. The van der Waals surface area contributed by atoms with Crippen LogP contribution in [0.25, 0.3) is 6.08 Å². The van der Waals surface area contributed by atoms with Crippen molar-refractivity contribution in [3.05, 3.63) is 88.0 Å². The quantitative estimate of drug-likeness (QED) is 0.232. The van der Waals surface area contributed by atoms with Crippen molar-refractivity contribution in [2.75, 3.05) is 13.2 Å². The number of hydrogen-bond donors (Lipinski definition) is 1. The largest absolute Gasteiger partial charge is 0.572 e. The maximum absolute atomic E-state index is 12.7. The third kappa shape index (κ3) is 8.14. The summed E-state index contributed by atoms with van der Waals surface area (Å²) in [7, 11) is 0. The predicted octanol–water partition coefficient (Wildman–Crippen LogP) is 6.88. The van der Waals surface area contributed by atoms with Gasteiger partial charge < -0.3 is 19.3 Å². The van der Waals surface area contributed by atoms with Crippen LogP contribution in [0.3, 0.4) is 0 Å². The average molecular weight is 606 g/mol. The minimum atomic E-state index is -4.74. The standard InChI is InChI=1S/C29H26F3NO6S2/c1-17-12-22(39-29(30,31)32)10-9-21(17)16-37-23-11-8-19(13-24(23)38-18(2)20-6-4-3-5-7-20)14-25-27(36)33(15-26(34)35)28(40)41-25/h3-11,13-14,17-18H,12,15-16H2,1-2H3,(H,34,35)/b25-14-. The van der Waals surface area contributed by atoms with Crippen molar-refractivity contribution < 1.29 is 42.1 Å². The molecule has 1 N–H and O–H groups in total. The van der Waals surface area contributed by atoms with Crippen molar-refractivity contribution in [3.8, 4) is 11.5 Å². The molecule has 12 heteroatoms. The number of carboxylic acid groups (broad SMARTS) is 1. The predicted molar refractivity (Wildman–Crippen MR) is 152 cm³/mol. The van der Waals surface area contributed by atoms with Crippen LogP contribution in [-0.2, 0) is 14.3 Å². The summed E-state index contributed by atoms with van der Waals surface area (Å²) in [4.78, 5) is 25.1. The number of carboxylic acids is 1. The van der Waals surface area contributed by atoms with E-state index in [1.54, 1.807) is 37.3 Å². The summed E-state index contributed by atoms with van der Waals surface area (Å²) in [6, 6.07) is 14.6. The molecule has 1 heterocycles. The van der Waals surface area contributed by atoms with Gasteiger partial charge in [-0.05, 0) is 53.8 Å². The number of nitrogens with zero attached hydrogens (tertiary/aromatic N) is 1. The van der Waals surface area contributed by atoms with Crippen molar-refractivity contribution in [1.82, 2.24) is 4.90 Å². The molecule has 1 aliphatic heterocycles. The Hall–Kier alpha value is -3.77. The first kappa shape index (κ1) is 30.2. The highest BCUT2D eigenvalue weighted by Crippen LogP contribution is 2.37. The van der Waals surface area contributed by atoms with Gasteiger partial charge in [-0.25, -0.2) is 0 Å². The van der Waals surface area contributed by atoms with Crippen LogP contribution < -0.4 is 9.47 Å². The molecule has 7 nitrogen and oxygen atoms in total. The number of alkyl halides is 3. The molecule has 216 valence electrons. The van der Waals surface area contributed by atoms with Crippen LogP contribution in [0.15, 0.2) is 76.9 Å². The topological polar surface area (TPSA) is 85.3 Å². The van der Waals surface area contributed by atoms with E-state index in [0.29, 0.717) is 17.1 Å². The Morgan fingerprint density at radius 1 is 1.20 bits per heavy atom. The van der Waals surface area contributed by atoms with Gasteiger partial charge >= 0.3 is 12.3 Å². The van der Waals surface area contributed by atoms with E-state index in [-0.39, 0.29) is 40.0 Å². The molecule has 1 amide bonds. The van der Waals surface area contributed by atoms with Crippen molar-refractivity contribution in [2.45, 2.75) is 32.7 Å². The Morgan fingerprint density at radius 2 is 1.93 bits per heavy atom. The lowest BCUT2D eigenvalue weighted by molar-refractivity contribution is -0.306. The zero-order valence-electron chi connectivity index (χ0n) is 22.0. The number of thioether (sulfide) groups is 1. The summed E-state index contributed by atoms with van der Waals surface area (Å²) >= 11 is 6.18. The zero-order valence-corrected chi connectivity index (χ0v) is 23.6. The van der Waals surface area contributed by atoms with Gasteiger partial charge in [-0.15, -0.1) is 13.2 Å². The van der Waals surface area contributed by atoms with Crippen LogP contribution in [-0.4, -0.2) is 45.7 Å². The SMILES string of the molecule is CC1CC(OC(F)(F)F)=CC=C1COc1ccc(/C=C2\SC(=S)N(CC(=O)O)C2=O)cc1OC(C)c1ccccc1. The van der Waals surface area contributed by atoms with Gasteiger partial charge in [0.2, 0.25) is 0 Å². The number of carbonyl (C=O) groups excluding carboxylic acids is 1. The highest BCUT2D eigenvalue weighted by Gasteiger charge is 2.34. The summed E-state index contributed by atoms with van der Waals surface area (Å²) in [5, 5.41) is 9.08. The molecule has 2 unspecified atom stereocenters. The van der Waals surface area contributed by atoms with E-state index >= 15 is 0 Å². The van der Waals surface area contributed by atoms with Crippen molar-refractivity contribution >= 4 is 46.3 Å². The fourth-order valence-corrected chi connectivity index (χ4v) is 5.43. The van der Waals surface area contributed by atoms with Crippen molar-refractivity contribution in [2.24, 2.45) is 5.92 Å². The molecule has 0 spiro atoms. The van der Waals surface area contributed by atoms with E-state index in [9.17, 15) is 22.8 Å². The molecule has 1 aliphatic carbocycles. The van der Waals surface area contributed by atoms with Crippen LogP contribution in [0.2, 0.25) is 0 Å². The molecule has 4 rings (SSSR count). The average Bonchev–Trinajstić information content (AvgIpc) is 3.15. The highest BCUT2D eigenvalue weighted by atomic mass is 32.2. The van der Waals surface area contributed by atoms with E-state index in [4.69, 9.17) is 26.8 Å². The number of benzene rings is 2. The molecule has 0 radical (unpaired) electrons. The Balaban J connectivity index is 1.58. The first-order valence-electron chi connectivity index (χ1n) is 12.5.